The average molecular weight is 423 g/mol. The minimum atomic E-state index is -4.70. The number of carbonyl (C=O) groups is 1. The van der Waals surface area contributed by atoms with Crippen LogP contribution in [0.5, 0.6) is 5.75 Å². The standard InChI is InChI=1S/C16H14ClF3N2O4S/c1-26-14-6-5-11(17)8-13(14)22-15(23)10-3-2-4-12(7-10)27(24,25)21-9-16(18,19)20/h2-8,21H,9H2,1H3,(H,22,23). The van der Waals surface area contributed by atoms with Gasteiger partial charge in [0.25, 0.3) is 5.91 Å². The van der Waals surface area contributed by atoms with Gasteiger partial charge in [0.1, 0.15) is 12.3 Å². The molecule has 0 aliphatic rings. The molecule has 0 radical (unpaired) electrons. The summed E-state index contributed by atoms with van der Waals surface area (Å²) in [5.74, 6) is -0.369. The summed E-state index contributed by atoms with van der Waals surface area (Å²) in [6.07, 6.45) is -4.70. The number of rotatable bonds is 6. The first kappa shape index (κ1) is 21.0. The van der Waals surface area contributed by atoms with Gasteiger partial charge in [0.2, 0.25) is 10.0 Å². The molecule has 2 N–H and O–H groups in total. The van der Waals surface area contributed by atoms with Crippen LogP contribution in [0.2, 0.25) is 5.02 Å². The monoisotopic (exact) mass is 422 g/mol. The van der Waals surface area contributed by atoms with Gasteiger partial charge in [-0.1, -0.05) is 17.7 Å². The molecule has 2 aromatic carbocycles. The molecular weight excluding hydrogens is 409 g/mol. The highest BCUT2D eigenvalue weighted by atomic mass is 35.5. The first-order chi connectivity index (χ1) is 12.5. The summed E-state index contributed by atoms with van der Waals surface area (Å²) in [6.45, 7) is -1.72. The summed E-state index contributed by atoms with van der Waals surface area (Å²) < 4.78 is 67.2. The van der Waals surface area contributed by atoms with Crippen LogP contribution < -0.4 is 14.8 Å². The van der Waals surface area contributed by atoms with E-state index in [1.165, 1.54) is 36.1 Å². The topological polar surface area (TPSA) is 84.5 Å². The van der Waals surface area contributed by atoms with E-state index in [0.717, 1.165) is 12.1 Å². The van der Waals surface area contributed by atoms with Crippen molar-refractivity contribution in [2.75, 3.05) is 19.0 Å². The van der Waals surface area contributed by atoms with Crippen molar-refractivity contribution in [2.24, 2.45) is 0 Å². The Bertz CT molecular complexity index is 949. The van der Waals surface area contributed by atoms with E-state index >= 15 is 0 Å². The number of methoxy groups -OCH3 is 1. The molecular formula is C16H14ClF3N2O4S. The highest BCUT2D eigenvalue weighted by molar-refractivity contribution is 7.89. The van der Waals surface area contributed by atoms with Crippen LogP contribution in [0.15, 0.2) is 47.4 Å². The van der Waals surface area contributed by atoms with Crippen LogP contribution in [-0.2, 0) is 10.0 Å². The van der Waals surface area contributed by atoms with Crippen molar-refractivity contribution in [2.45, 2.75) is 11.1 Å². The third kappa shape index (κ3) is 5.84. The number of alkyl halides is 3. The van der Waals surface area contributed by atoms with Crippen molar-refractivity contribution in [3.05, 3.63) is 53.1 Å². The third-order valence-corrected chi connectivity index (χ3v) is 4.91. The lowest BCUT2D eigenvalue weighted by Gasteiger charge is -2.12. The SMILES string of the molecule is COc1ccc(Cl)cc1NC(=O)c1cccc(S(=O)(=O)NCC(F)(F)F)c1. The minimum Gasteiger partial charge on any atom is -0.495 e. The molecule has 0 atom stereocenters. The van der Waals surface area contributed by atoms with Crippen LogP contribution in [0.3, 0.4) is 0 Å². The van der Waals surface area contributed by atoms with Crippen LogP contribution >= 0.6 is 11.6 Å². The fourth-order valence-corrected chi connectivity index (χ4v) is 3.27. The van der Waals surface area contributed by atoms with Gasteiger partial charge < -0.3 is 10.1 Å². The molecule has 27 heavy (non-hydrogen) atoms. The Morgan fingerprint density at radius 1 is 1.19 bits per heavy atom. The second-order valence-electron chi connectivity index (χ2n) is 5.27. The van der Waals surface area contributed by atoms with E-state index in [9.17, 15) is 26.4 Å². The van der Waals surface area contributed by atoms with Gasteiger partial charge in [-0.3, -0.25) is 4.79 Å². The molecule has 0 unspecified atom stereocenters. The van der Waals surface area contributed by atoms with E-state index in [2.05, 4.69) is 5.32 Å². The van der Waals surface area contributed by atoms with Gasteiger partial charge in [-0.25, -0.2) is 13.1 Å². The quantitative estimate of drug-likeness (QED) is 0.746. The van der Waals surface area contributed by atoms with E-state index in [-0.39, 0.29) is 11.3 Å². The number of anilines is 1. The zero-order chi connectivity index (χ0) is 20.2. The predicted molar refractivity (Wildman–Crippen MR) is 93.6 cm³/mol. The Hall–Kier alpha value is -2.30. The van der Waals surface area contributed by atoms with Gasteiger partial charge in [-0.2, -0.15) is 13.2 Å². The van der Waals surface area contributed by atoms with Gasteiger partial charge in [0, 0.05) is 10.6 Å². The summed E-state index contributed by atoms with van der Waals surface area (Å²) in [4.78, 5) is 11.9. The van der Waals surface area contributed by atoms with Crippen LogP contribution in [-0.4, -0.2) is 34.2 Å². The number of hydrogen-bond acceptors (Lipinski definition) is 4. The number of ether oxygens (including phenoxy) is 1. The zero-order valence-corrected chi connectivity index (χ0v) is 15.4. The summed E-state index contributed by atoms with van der Waals surface area (Å²) in [6, 6.07) is 9.11. The van der Waals surface area contributed by atoms with Crippen molar-refractivity contribution in [1.29, 1.82) is 0 Å². The summed E-state index contributed by atoms with van der Waals surface area (Å²) in [5.41, 5.74) is 0.172. The molecule has 2 rings (SSSR count). The Morgan fingerprint density at radius 3 is 2.52 bits per heavy atom. The maximum absolute atomic E-state index is 12.4. The lowest BCUT2D eigenvalue weighted by Crippen LogP contribution is -2.33. The van der Waals surface area contributed by atoms with E-state index in [0.29, 0.717) is 10.8 Å². The molecule has 0 aliphatic carbocycles. The third-order valence-electron chi connectivity index (χ3n) is 3.28. The molecule has 0 saturated carbocycles. The fourth-order valence-electron chi connectivity index (χ4n) is 2.04. The lowest BCUT2D eigenvalue weighted by atomic mass is 10.2. The summed E-state index contributed by atoms with van der Waals surface area (Å²) >= 11 is 5.87. The molecule has 146 valence electrons. The first-order valence-electron chi connectivity index (χ1n) is 7.33. The highest BCUT2D eigenvalue weighted by Gasteiger charge is 2.30. The van der Waals surface area contributed by atoms with Crippen molar-refractivity contribution >= 4 is 33.2 Å². The average Bonchev–Trinajstić information content (AvgIpc) is 2.60. The number of sulfonamides is 1. The van der Waals surface area contributed by atoms with Gasteiger partial charge in [0.15, 0.2) is 0 Å². The van der Waals surface area contributed by atoms with Crippen molar-refractivity contribution in [3.8, 4) is 5.75 Å². The lowest BCUT2D eigenvalue weighted by molar-refractivity contribution is -0.121. The Morgan fingerprint density at radius 2 is 1.89 bits per heavy atom. The molecule has 6 nitrogen and oxygen atoms in total. The van der Waals surface area contributed by atoms with Crippen molar-refractivity contribution in [3.63, 3.8) is 0 Å². The molecule has 1 amide bonds. The number of benzene rings is 2. The fraction of sp³-hybridized carbons (Fsp3) is 0.188. The smallest absolute Gasteiger partial charge is 0.402 e. The molecule has 0 aliphatic heterocycles. The number of hydrogen-bond donors (Lipinski definition) is 2. The molecule has 0 spiro atoms. The Balaban J connectivity index is 2.24. The van der Waals surface area contributed by atoms with Crippen LogP contribution in [0, 0.1) is 0 Å². The number of amides is 1. The Labute approximate surface area is 158 Å². The second kappa shape index (κ2) is 8.15. The molecule has 0 bridgehead atoms. The molecule has 0 aromatic heterocycles. The predicted octanol–water partition coefficient (Wildman–Crippen LogP) is 3.44. The van der Waals surface area contributed by atoms with Crippen molar-refractivity contribution in [1.82, 2.24) is 4.72 Å². The van der Waals surface area contributed by atoms with Gasteiger partial charge in [0.05, 0.1) is 17.7 Å². The summed E-state index contributed by atoms with van der Waals surface area (Å²) in [5, 5.41) is 2.84. The van der Waals surface area contributed by atoms with Gasteiger partial charge >= 0.3 is 6.18 Å². The molecule has 2 aromatic rings. The zero-order valence-electron chi connectivity index (χ0n) is 13.8. The normalized spacial score (nSPS) is 11.9. The number of halogens is 4. The molecule has 0 fully saturated rings. The summed E-state index contributed by atoms with van der Waals surface area (Å²) in [7, 11) is -3.05. The maximum Gasteiger partial charge on any atom is 0.402 e. The van der Waals surface area contributed by atoms with Gasteiger partial charge in [-0.05, 0) is 36.4 Å². The molecule has 11 heteroatoms. The van der Waals surface area contributed by atoms with Crippen LogP contribution in [0.1, 0.15) is 10.4 Å². The van der Waals surface area contributed by atoms with Crippen molar-refractivity contribution < 1.29 is 31.1 Å². The second-order valence-corrected chi connectivity index (χ2v) is 7.47. The van der Waals surface area contributed by atoms with Gasteiger partial charge in [-0.15, -0.1) is 0 Å². The Kier molecular flexibility index (Phi) is 6.34. The van der Waals surface area contributed by atoms with E-state index < -0.39 is 33.5 Å². The van der Waals surface area contributed by atoms with E-state index in [4.69, 9.17) is 16.3 Å². The van der Waals surface area contributed by atoms with E-state index in [1.54, 1.807) is 6.07 Å². The molecule has 0 heterocycles. The van der Waals surface area contributed by atoms with Crippen LogP contribution in [0.4, 0.5) is 18.9 Å². The first-order valence-corrected chi connectivity index (χ1v) is 9.19. The molecule has 0 saturated heterocycles. The van der Waals surface area contributed by atoms with Crippen LogP contribution in [0.25, 0.3) is 0 Å². The maximum atomic E-state index is 12.4. The van der Waals surface area contributed by atoms with E-state index in [1.807, 2.05) is 0 Å². The number of carbonyl (C=O) groups excluding carboxylic acids is 1. The largest absolute Gasteiger partial charge is 0.495 e. The minimum absolute atomic E-state index is 0.0769. The highest BCUT2D eigenvalue weighted by Crippen LogP contribution is 2.28. The number of nitrogens with one attached hydrogen (secondary N) is 2.